The van der Waals surface area contributed by atoms with Gasteiger partial charge in [-0.15, -0.1) is 0 Å². The lowest BCUT2D eigenvalue weighted by atomic mass is 10.0. The number of rotatable bonds is 1. The summed E-state index contributed by atoms with van der Waals surface area (Å²) in [4.78, 5) is 0. The molecule has 0 fully saturated rings. The van der Waals surface area contributed by atoms with E-state index in [4.69, 9.17) is 4.42 Å². The minimum Gasteiger partial charge on any atom is -0.461 e. The molecule has 16 heavy (non-hydrogen) atoms. The summed E-state index contributed by atoms with van der Waals surface area (Å²) in [6.45, 7) is 2.06. The van der Waals surface area contributed by atoms with Gasteiger partial charge in [-0.3, -0.25) is 0 Å². The van der Waals surface area contributed by atoms with Crippen LogP contribution in [-0.4, -0.2) is 0 Å². The molecular weight excluding hydrogens is 264 g/mol. The van der Waals surface area contributed by atoms with Crippen LogP contribution in [0.3, 0.4) is 0 Å². The maximum Gasteiger partial charge on any atom is 0.136 e. The van der Waals surface area contributed by atoms with Crippen LogP contribution >= 0.6 is 15.9 Å². The van der Waals surface area contributed by atoms with E-state index >= 15 is 0 Å². The van der Waals surface area contributed by atoms with Gasteiger partial charge >= 0.3 is 0 Å². The maximum absolute atomic E-state index is 5.82. The van der Waals surface area contributed by atoms with Crippen LogP contribution in [0.4, 0.5) is 0 Å². The van der Waals surface area contributed by atoms with Gasteiger partial charge in [0.15, 0.2) is 0 Å². The van der Waals surface area contributed by atoms with Gasteiger partial charge in [-0.25, -0.2) is 0 Å². The molecule has 0 saturated heterocycles. The molecule has 1 heterocycles. The summed E-state index contributed by atoms with van der Waals surface area (Å²) >= 11 is 3.48. The highest BCUT2D eigenvalue weighted by atomic mass is 79.9. The van der Waals surface area contributed by atoms with E-state index in [9.17, 15) is 0 Å². The van der Waals surface area contributed by atoms with Gasteiger partial charge < -0.3 is 4.42 Å². The number of hydrogen-bond acceptors (Lipinski definition) is 1. The highest BCUT2D eigenvalue weighted by Crippen LogP contribution is 2.37. The molecule has 1 aliphatic rings. The zero-order valence-electron chi connectivity index (χ0n) is 9.22. The molecule has 2 aromatic rings. The van der Waals surface area contributed by atoms with E-state index in [1.807, 2.05) is 6.07 Å². The zero-order valence-corrected chi connectivity index (χ0v) is 10.8. The second-order valence-corrected chi connectivity index (χ2v) is 5.21. The largest absolute Gasteiger partial charge is 0.461 e. The van der Waals surface area contributed by atoms with E-state index in [-0.39, 0.29) is 0 Å². The maximum atomic E-state index is 5.82. The van der Waals surface area contributed by atoms with Crippen molar-refractivity contribution in [1.82, 2.24) is 0 Å². The van der Waals surface area contributed by atoms with Crippen molar-refractivity contribution in [3.05, 3.63) is 40.1 Å². The fourth-order valence-corrected chi connectivity index (χ4v) is 2.83. The molecule has 1 nitrogen and oxygen atoms in total. The normalized spacial score (nSPS) is 15.8. The predicted molar refractivity (Wildman–Crippen MR) is 70.5 cm³/mol. The summed E-state index contributed by atoms with van der Waals surface area (Å²) in [5, 5.41) is 1.24. The van der Waals surface area contributed by atoms with E-state index < -0.39 is 0 Å². The Bertz CT molecular complexity index is 578. The lowest BCUT2D eigenvalue weighted by Gasteiger charge is -2.00. The van der Waals surface area contributed by atoms with Gasteiger partial charge in [0.05, 0.1) is 0 Å². The topological polar surface area (TPSA) is 13.1 Å². The highest BCUT2D eigenvalue weighted by molar-refractivity contribution is 9.10. The monoisotopic (exact) mass is 276 g/mol. The van der Waals surface area contributed by atoms with Crippen LogP contribution in [0.5, 0.6) is 0 Å². The third kappa shape index (κ3) is 1.52. The molecule has 0 saturated carbocycles. The Balaban J connectivity index is 2.27. The number of furan rings is 1. The molecule has 0 amide bonds. The molecular formula is C14H13BrO. The Hall–Kier alpha value is -1.02. The standard InChI is InChI=1S/C14H13BrO/c1-9-14(10-4-2-3-5-10)12-7-6-11(15)8-13(12)16-9/h4,6-8H,2-3,5H2,1H3. The first-order chi connectivity index (χ1) is 7.75. The van der Waals surface area contributed by atoms with E-state index in [2.05, 4.69) is 41.1 Å². The summed E-state index contributed by atoms with van der Waals surface area (Å²) in [5.74, 6) is 1.04. The van der Waals surface area contributed by atoms with Crippen LogP contribution in [0.25, 0.3) is 16.5 Å². The van der Waals surface area contributed by atoms with Crippen molar-refractivity contribution in [3.8, 4) is 0 Å². The summed E-state index contributed by atoms with van der Waals surface area (Å²) < 4.78 is 6.89. The van der Waals surface area contributed by atoms with E-state index in [0.29, 0.717) is 0 Å². The van der Waals surface area contributed by atoms with Gasteiger partial charge in [0, 0.05) is 15.4 Å². The zero-order chi connectivity index (χ0) is 11.1. The molecule has 0 radical (unpaired) electrons. The molecule has 0 unspecified atom stereocenters. The third-order valence-electron chi connectivity index (χ3n) is 3.19. The van der Waals surface area contributed by atoms with E-state index in [1.54, 1.807) is 0 Å². The number of halogens is 1. The summed E-state index contributed by atoms with van der Waals surface area (Å²) in [6.07, 6.45) is 6.01. The SMILES string of the molecule is Cc1oc2cc(Br)ccc2c1C1=CCCC1. The highest BCUT2D eigenvalue weighted by Gasteiger charge is 2.16. The van der Waals surface area contributed by atoms with Gasteiger partial charge in [0.2, 0.25) is 0 Å². The van der Waals surface area contributed by atoms with Crippen LogP contribution in [0.2, 0.25) is 0 Å². The Morgan fingerprint density at radius 1 is 1.31 bits per heavy atom. The first-order valence-corrected chi connectivity index (χ1v) is 6.43. The van der Waals surface area contributed by atoms with E-state index in [0.717, 1.165) is 15.8 Å². The molecule has 0 N–H and O–H groups in total. The van der Waals surface area contributed by atoms with Crippen LogP contribution in [0.15, 0.2) is 33.2 Å². The second kappa shape index (κ2) is 3.77. The quantitative estimate of drug-likeness (QED) is 0.709. The summed E-state index contributed by atoms with van der Waals surface area (Å²) in [5.41, 5.74) is 3.76. The third-order valence-corrected chi connectivity index (χ3v) is 3.68. The fraction of sp³-hybridized carbons (Fsp3) is 0.286. The molecule has 1 aromatic carbocycles. The Morgan fingerprint density at radius 3 is 2.94 bits per heavy atom. The van der Waals surface area contributed by atoms with Gasteiger partial charge in [-0.2, -0.15) is 0 Å². The minimum atomic E-state index is 0.981. The Morgan fingerprint density at radius 2 is 2.19 bits per heavy atom. The van der Waals surface area contributed by atoms with Gasteiger partial charge in [0.25, 0.3) is 0 Å². The first kappa shape index (κ1) is 10.2. The summed E-state index contributed by atoms with van der Waals surface area (Å²) in [7, 11) is 0. The lowest BCUT2D eigenvalue weighted by molar-refractivity contribution is 0.577. The molecule has 1 aliphatic carbocycles. The van der Waals surface area contributed by atoms with Crippen molar-refractivity contribution in [2.45, 2.75) is 26.2 Å². The molecule has 2 heteroatoms. The number of fused-ring (bicyclic) bond motifs is 1. The van der Waals surface area contributed by atoms with Crippen LogP contribution in [-0.2, 0) is 0 Å². The second-order valence-electron chi connectivity index (χ2n) is 4.30. The van der Waals surface area contributed by atoms with Gasteiger partial charge in [0.1, 0.15) is 11.3 Å². The smallest absolute Gasteiger partial charge is 0.136 e. The molecule has 0 spiro atoms. The molecule has 0 bridgehead atoms. The lowest BCUT2D eigenvalue weighted by Crippen LogP contribution is -1.81. The molecule has 0 atom stereocenters. The molecule has 0 aliphatic heterocycles. The Labute approximate surface area is 103 Å². The van der Waals surface area contributed by atoms with E-state index in [1.165, 1.54) is 35.8 Å². The summed E-state index contributed by atoms with van der Waals surface area (Å²) in [6, 6.07) is 6.27. The molecule has 82 valence electrons. The van der Waals surface area contributed by atoms with Gasteiger partial charge in [-0.05, 0) is 50.0 Å². The number of benzene rings is 1. The van der Waals surface area contributed by atoms with Crippen molar-refractivity contribution in [3.63, 3.8) is 0 Å². The number of hydrogen-bond donors (Lipinski definition) is 0. The van der Waals surface area contributed by atoms with Crippen molar-refractivity contribution in [1.29, 1.82) is 0 Å². The minimum absolute atomic E-state index is 0.981. The number of aryl methyl sites for hydroxylation is 1. The predicted octanol–water partition coefficient (Wildman–Crippen LogP) is 5.07. The first-order valence-electron chi connectivity index (χ1n) is 5.64. The van der Waals surface area contributed by atoms with Crippen LogP contribution in [0.1, 0.15) is 30.6 Å². The van der Waals surface area contributed by atoms with Crippen molar-refractivity contribution in [2.24, 2.45) is 0 Å². The van der Waals surface area contributed by atoms with Crippen LogP contribution < -0.4 is 0 Å². The average molecular weight is 277 g/mol. The Kier molecular flexibility index (Phi) is 2.40. The van der Waals surface area contributed by atoms with Gasteiger partial charge in [-0.1, -0.05) is 22.0 Å². The average Bonchev–Trinajstić information content (AvgIpc) is 2.83. The molecule has 3 rings (SSSR count). The number of allylic oxidation sites excluding steroid dienone is 2. The fourth-order valence-electron chi connectivity index (χ4n) is 2.49. The van der Waals surface area contributed by atoms with Crippen LogP contribution in [0, 0.1) is 6.92 Å². The molecule has 1 aromatic heterocycles. The van der Waals surface area contributed by atoms with Crippen molar-refractivity contribution >= 4 is 32.5 Å². The van der Waals surface area contributed by atoms with Crippen molar-refractivity contribution < 1.29 is 4.42 Å². The van der Waals surface area contributed by atoms with Crippen molar-refractivity contribution in [2.75, 3.05) is 0 Å².